The summed E-state index contributed by atoms with van der Waals surface area (Å²) in [5.41, 5.74) is 8.61. The molecule has 90 valence electrons. The minimum absolute atomic E-state index is 0.600. The molecule has 2 nitrogen and oxygen atoms in total. The van der Waals surface area contributed by atoms with E-state index in [1.54, 1.807) is 11.3 Å². The van der Waals surface area contributed by atoms with Crippen LogP contribution in [0.4, 0.5) is 5.69 Å². The maximum absolute atomic E-state index is 5.91. The van der Waals surface area contributed by atoms with E-state index in [0.29, 0.717) is 10.7 Å². The fraction of sp³-hybridized carbons (Fsp3) is 0.0714. The summed E-state index contributed by atoms with van der Waals surface area (Å²) in [6.07, 6.45) is 0.792. The molecule has 3 rings (SSSR count). The first-order valence-electron chi connectivity index (χ1n) is 5.61. The van der Waals surface area contributed by atoms with Crippen LogP contribution in [0.1, 0.15) is 10.6 Å². The lowest BCUT2D eigenvalue weighted by Gasteiger charge is -2.01. The quantitative estimate of drug-likeness (QED) is 0.714. The first kappa shape index (κ1) is 11.5. The van der Waals surface area contributed by atoms with Crippen LogP contribution in [-0.4, -0.2) is 4.98 Å². The van der Waals surface area contributed by atoms with E-state index in [9.17, 15) is 0 Å². The maximum atomic E-state index is 5.91. The average molecular weight is 275 g/mol. The second-order valence-electron chi connectivity index (χ2n) is 4.11. The lowest BCUT2D eigenvalue weighted by atomic mass is 10.1. The number of nitrogen functional groups attached to an aromatic ring is 1. The third-order valence-electron chi connectivity index (χ3n) is 2.75. The van der Waals surface area contributed by atoms with Gasteiger partial charge in [-0.25, -0.2) is 4.98 Å². The van der Waals surface area contributed by atoms with E-state index in [0.717, 1.165) is 22.5 Å². The fourth-order valence-electron chi connectivity index (χ4n) is 1.87. The Morgan fingerprint density at radius 2 is 2.00 bits per heavy atom. The molecule has 1 heterocycles. The van der Waals surface area contributed by atoms with E-state index in [4.69, 9.17) is 17.3 Å². The number of nitrogens with two attached hydrogens (primary N) is 1. The Labute approximate surface area is 114 Å². The van der Waals surface area contributed by atoms with E-state index in [1.807, 2.05) is 36.4 Å². The number of fused-ring (bicyclic) bond motifs is 1. The topological polar surface area (TPSA) is 38.9 Å². The van der Waals surface area contributed by atoms with Crippen molar-refractivity contribution in [2.75, 3.05) is 5.73 Å². The van der Waals surface area contributed by atoms with Gasteiger partial charge in [0, 0.05) is 6.42 Å². The van der Waals surface area contributed by atoms with Gasteiger partial charge >= 0.3 is 0 Å². The minimum Gasteiger partial charge on any atom is -0.398 e. The Morgan fingerprint density at radius 3 is 2.78 bits per heavy atom. The molecule has 0 unspecified atom stereocenters. The molecule has 0 saturated heterocycles. The van der Waals surface area contributed by atoms with Gasteiger partial charge in [0.05, 0.1) is 25.9 Å². The van der Waals surface area contributed by atoms with Crippen LogP contribution >= 0.6 is 22.9 Å². The smallest absolute Gasteiger partial charge is 0.0982 e. The van der Waals surface area contributed by atoms with E-state index in [1.165, 1.54) is 4.70 Å². The van der Waals surface area contributed by atoms with Gasteiger partial charge in [-0.1, -0.05) is 29.8 Å². The molecule has 4 heteroatoms. The number of thiazole rings is 1. The predicted molar refractivity (Wildman–Crippen MR) is 78.3 cm³/mol. The van der Waals surface area contributed by atoms with Gasteiger partial charge in [-0.3, -0.25) is 0 Å². The minimum atomic E-state index is 0.600. The highest BCUT2D eigenvalue weighted by molar-refractivity contribution is 7.18. The normalized spacial score (nSPS) is 10.9. The van der Waals surface area contributed by atoms with Crippen LogP contribution in [0.25, 0.3) is 10.2 Å². The summed E-state index contributed by atoms with van der Waals surface area (Å²) in [5.74, 6) is 0. The highest BCUT2D eigenvalue weighted by Gasteiger charge is 2.05. The van der Waals surface area contributed by atoms with Crippen LogP contribution in [0.3, 0.4) is 0 Å². The summed E-state index contributed by atoms with van der Waals surface area (Å²) >= 11 is 7.63. The zero-order valence-electron chi connectivity index (χ0n) is 9.56. The molecule has 0 aliphatic heterocycles. The predicted octanol–water partition coefficient (Wildman–Crippen LogP) is 4.12. The maximum Gasteiger partial charge on any atom is 0.0982 e. The molecule has 0 radical (unpaired) electrons. The Hall–Kier alpha value is -1.58. The van der Waals surface area contributed by atoms with Crippen molar-refractivity contribution in [3.05, 3.63) is 58.1 Å². The van der Waals surface area contributed by atoms with Gasteiger partial charge in [0.25, 0.3) is 0 Å². The molecule has 0 spiro atoms. The van der Waals surface area contributed by atoms with Crippen LogP contribution < -0.4 is 5.73 Å². The van der Waals surface area contributed by atoms with Crippen molar-refractivity contribution in [2.45, 2.75) is 6.42 Å². The van der Waals surface area contributed by atoms with E-state index < -0.39 is 0 Å². The Kier molecular flexibility index (Phi) is 2.94. The monoisotopic (exact) mass is 274 g/mol. The lowest BCUT2D eigenvalue weighted by molar-refractivity contribution is 1.16. The van der Waals surface area contributed by atoms with Crippen molar-refractivity contribution >= 4 is 38.8 Å². The molecule has 18 heavy (non-hydrogen) atoms. The van der Waals surface area contributed by atoms with Crippen LogP contribution in [0.15, 0.2) is 42.5 Å². The van der Waals surface area contributed by atoms with Crippen molar-refractivity contribution in [3.63, 3.8) is 0 Å². The number of halogens is 1. The molecule has 3 aromatic rings. The van der Waals surface area contributed by atoms with Crippen molar-refractivity contribution in [1.82, 2.24) is 4.98 Å². The molecular formula is C14H11ClN2S. The number of hydrogen-bond donors (Lipinski definition) is 1. The SMILES string of the molecule is Nc1cc(Cc2nc3ccccc3s2)ccc1Cl. The fourth-order valence-corrected chi connectivity index (χ4v) is 2.99. The largest absolute Gasteiger partial charge is 0.398 e. The van der Waals surface area contributed by atoms with Gasteiger partial charge in [-0.2, -0.15) is 0 Å². The number of anilines is 1. The molecule has 1 aromatic heterocycles. The van der Waals surface area contributed by atoms with Gasteiger partial charge in [0.1, 0.15) is 0 Å². The zero-order chi connectivity index (χ0) is 12.5. The molecule has 0 saturated carbocycles. The summed E-state index contributed by atoms with van der Waals surface area (Å²) < 4.78 is 1.22. The summed E-state index contributed by atoms with van der Waals surface area (Å²) in [7, 11) is 0. The number of hydrogen-bond acceptors (Lipinski definition) is 3. The zero-order valence-corrected chi connectivity index (χ0v) is 11.1. The Balaban J connectivity index is 1.93. The van der Waals surface area contributed by atoms with Gasteiger partial charge in [0.15, 0.2) is 0 Å². The number of para-hydroxylation sites is 1. The summed E-state index contributed by atoms with van der Waals surface area (Å²) in [4.78, 5) is 4.60. The summed E-state index contributed by atoms with van der Waals surface area (Å²) in [5, 5.41) is 1.70. The number of aromatic nitrogens is 1. The van der Waals surface area contributed by atoms with Crippen molar-refractivity contribution in [3.8, 4) is 0 Å². The number of nitrogens with zero attached hydrogens (tertiary/aromatic N) is 1. The van der Waals surface area contributed by atoms with Crippen molar-refractivity contribution in [2.24, 2.45) is 0 Å². The summed E-state index contributed by atoms with van der Waals surface area (Å²) in [6.45, 7) is 0. The van der Waals surface area contributed by atoms with Gasteiger partial charge in [-0.05, 0) is 29.8 Å². The van der Waals surface area contributed by atoms with Crippen molar-refractivity contribution in [1.29, 1.82) is 0 Å². The van der Waals surface area contributed by atoms with Crippen molar-refractivity contribution < 1.29 is 0 Å². The molecule has 2 N–H and O–H groups in total. The van der Waals surface area contributed by atoms with Gasteiger partial charge in [0.2, 0.25) is 0 Å². The number of rotatable bonds is 2. The van der Waals surface area contributed by atoms with Crippen LogP contribution in [-0.2, 0) is 6.42 Å². The molecule has 2 aromatic carbocycles. The lowest BCUT2D eigenvalue weighted by Crippen LogP contribution is -1.91. The van der Waals surface area contributed by atoms with E-state index >= 15 is 0 Å². The molecule has 0 bridgehead atoms. The first-order valence-corrected chi connectivity index (χ1v) is 6.80. The first-order chi connectivity index (χ1) is 8.72. The molecular weight excluding hydrogens is 264 g/mol. The van der Waals surface area contributed by atoms with Crippen LogP contribution in [0.2, 0.25) is 5.02 Å². The molecule has 0 fully saturated rings. The molecule has 0 atom stereocenters. The van der Waals surface area contributed by atoms with Crippen LogP contribution in [0.5, 0.6) is 0 Å². The van der Waals surface area contributed by atoms with Crippen LogP contribution in [0, 0.1) is 0 Å². The number of benzene rings is 2. The average Bonchev–Trinajstić information content (AvgIpc) is 2.76. The highest BCUT2D eigenvalue weighted by Crippen LogP contribution is 2.25. The molecule has 0 amide bonds. The second kappa shape index (κ2) is 4.59. The highest BCUT2D eigenvalue weighted by atomic mass is 35.5. The third kappa shape index (κ3) is 2.19. The third-order valence-corrected chi connectivity index (χ3v) is 4.13. The van der Waals surface area contributed by atoms with E-state index in [2.05, 4.69) is 11.1 Å². The molecule has 0 aliphatic rings. The standard InChI is InChI=1S/C14H11ClN2S/c15-10-6-5-9(7-11(10)16)8-14-17-12-3-1-2-4-13(12)18-14/h1-7H,8,16H2. The van der Waals surface area contributed by atoms with Gasteiger partial charge in [-0.15, -0.1) is 11.3 Å². The van der Waals surface area contributed by atoms with E-state index in [-0.39, 0.29) is 0 Å². The van der Waals surface area contributed by atoms with Gasteiger partial charge < -0.3 is 5.73 Å². The second-order valence-corrected chi connectivity index (χ2v) is 5.63. The summed E-state index contributed by atoms with van der Waals surface area (Å²) in [6, 6.07) is 13.9. The Morgan fingerprint density at radius 1 is 1.17 bits per heavy atom. The molecule has 0 aliphatic carbocycles. The Bertz CT molecular complexity index is 673.